The van der Waals surface area contributed by atoms with E-state index in [2.05, 4.69) is 0 Å². The third-order valence-electron chi connectivity index (χ3n) is 21.0. The number of hydrogen-bond donors (Lipinski definition) is 22. The Morgan fingerprint density at radius 1 is 0.345 bits per heavy atom. The summed E-state index contributed by atoms with van der Waals surface area (Å²) in [7, 11) is 0. The van der Waals surface area contributed by atoms with Gasteiger partial charge in [-0.1, -0.05) is 98.6 Å². The quantitative estimate of drug-likeness (QED) is 0.0263. The molecule has 34 heteroatoms. The van der Waals surface area contributed by atoms with Crippen LogP contribution in [0.1, 0.15) is 94.9 Å². The first-order valence-electron chi connectivity index (χ1n) is 36.8. The first kappa shape index (κ1) is 91.0. The van der Waals surface area contributed by atoms with E-state index >= 15 is 0 Å². The van der Waals surface area contributed by atoms with Gasteiger partial charge in [-0.15, -0.1) is 0 Å². The molecule has 0 amide bonds. The third kappa shape index (κ3) is 22.3. The maximum atomic E-state index is 11.4. The molecule has 0 bridgehead atoms. The van der Waals surface area contributed by atoms with Gasteiger partial charge >= 0.3 is 0 Å². The SMILES string of the molecule is CC1=C(/C=C(/C=C(C)\C=C\C(C)=C\C=C/C=C(C)/C=C/C(C)=C\C(=C\C2=C(C)C[C@H](O[C@@H]3O[C@H](CO)[C@@H](O)[C@H](O)[C@H]3O)CC2(C)C)O[C@H]2O[C@@H](CO[C@H]3O[C@@H](CO)[C@H](O)[C@@H](O)[C@@H]3O)[C@H](O)[C@@H](O)[C@@H]2O)O[C@H]2O[C@@H](CO[C@H]3O[C@@H](CO)[C@H](O)[C@@H](O)[C@@H]3O)[C@H](O)[C@@H](O)[C@@H]2O)C(C)(C)C[C@@H](O[C@H]2O[C@@H](CO)[C@H](O)[C@@H](O)[C@@H]2O)C1. The molecule has 0 spiro atoms. The predicted octanol–water partition coefficient (Wildman–Crippen LogP) is -3.87. The summed E-state index contributed by atoms with van der Waals surface area (Å²) in [6.45, 7) is 14.6. The van der Waals surface area contributed by atoms with Crippen molar-refractivity contribution in [3.8, 4) is 0 Å². The Morgan fingerprint density at radius 3 is 0.891 bits per heavy atom. The van der Waals surface area contributed by atoms with Crippen LogP contribution in [0.25, 0.3) is 0 Å². The van der Waals surface area contributed by atoms with Crippen molar-refractivity contribution in [1.29, 1.82) is 0 Å². The summed E-state index contributed by atoms with van der Waals surface area (Å²) >= 11 is 0. The minimum absolute atomic E-state index is 0.107. The van der Waals surface area contributed by atoms with Gasteiger partial charge in [-0.2, -0.15) is 0 Å². The van der Waals surface area contributed by atoms with E-state index in [0.717, 1.165) is 33.4 Å². The van der Waals surface area contributed by atoms with E-state index in [1.165, 1.54) is 0 Å². The Labute approximate surface area is 637 Å². The molecular formula is C76H116O34. The fourth-order valence-corrected chi connectivity index (χ4v) is 14.6. The van der Waals surface area contributed by atoms with Gasteiger partial charge in [0.15, 0.2) is 25.2 Å². The number of allylic oxidation sites excluding steroid dienone is 18. The summed E-state index contributed by atoms with van der Waals surface area (Å²) in [5.41, 5.74) is 4.36. The second-order valence-electron chi connectivity index (χ2n) is 31.0. The molecule has 6 heterocycles. The van der Waals surface area contributed by atoms with Gasteiger partial charge < -0.3 is 169 Å². The molecule has 0 aromatic carbocycles. The van der Waals surface area contributed by atoms with Gasteiger partial charge in [0.25, 0.3) is 0 Å². The molecule has 0 saturated carbocycles. The van der Waals surface area contributed by atoms with E-state index in [4.69, 9.17) is 56.8 Å². The lowest BCUT2D eigenvalue weighted by atomic mass is 9.71. The van der Waals surface area contributed by atoms with Gasteiger partial charge in [-0.3, -0.25) is 0 Å². The lowest BCUT2D eigenvalue weighted by Gasteiger charge is -2.44. The minimum Gasteiger partial charge on any atom is -0.462 e. The van der Waals surface area contributed by atoms with Gasteiger partial charge in [0.2, 0.25) is 12.6 Å². The summed E-state index contributed by atoms with van der Waals surface area (Å²) in [6.07, 6.45) is -27.5. The van der Waals surface area contributed by atoms with E-state index in [1.54, 1.807) is 62.5 Å². The van der Waals surface area contributed by atoms with Gasteiger partial charge in [-0.05, 0) is 125 Å². The molecule has 0 unspecified atom stereocenters. The van der Waals surface area contributed by atoms with Crippen LogP contribution in [0, 0.1) is 10.8 Å². The van der Waals surface area contributed by atoms with Crippen LogP contribution in [0.2, 0.25) is 0 Å². The topological polar surface area (TPSA) is 556 Å². The van der Waals surface area contributed by atoms with Crippen LogP contribution in [0.3, 0.4) is 0 Å². The largest absolute Gasteiger partial charge is 0.462 e. The third-order valence-corrected chi connectivity index (χ3v) is 21.0. The lowest BCUT2D eigenvalue weighted by Crippen LogP contribution is -2.61. The molecule has 6 fully saturated rings. The molecule has 110 heavy (non-hydrogen) atoms. The van der Waals surface area contributed by atoms with Gasteiger partial charge in [-0.25, -0.2) is 0 Å². The van der Waals surface area contributed by atoms with E-state index in [9.17, 15) is 112 Å². The van der Waals surface area contributed by atoms with Crippen molar-refractivity contribution in [3.63, 3.8) is 0 Å². The number of ether oxygens (including phenoxy) is 12. The van der Waals surface area contributed by atoms with Crippen molar-refractivity contribution in [2.45, 2.75) is 291 Å². The highest BCUT2D eigenvalue weighted by atomic mass is 16.8. The Balaban J connectivity index is 1.01. The van der Waals surface area contributed by atoms with Crippen LogP contribution in [0.4, 0.5) is 0 Å². The Kier molecular flexibility index (Phi) is 33.0. The van der Waals surface area contributed by atoms with Crippen molar-refractivity contribution in [1.82, 2.24) is 0 Å². The Hall–Kier alpha value is -4.54. The standard InChI is InChI=1S/C76H116O34/c1-33(15-17-35(3)19-39(23-43-37(5)21-41(25-75(43,7)8)103-73-65(95)59(89)53(83)47(29-79)107-73)101-71-67(97)61(91)55(85)49(109-71)31-99-69-63(93)57(87)51(81)45(27-77)105-69)13-11-12-14-34(2)16-18-36(4)20-40(24-44-38(6)22-42(26-76(44,9)10)104-74-66(96)60(90)54(84)48(30-80)108-74)102-72-68(98)62(92)56(86)50(110-72)32-100-70-64(94)58(88)52(82)46(28-78)106-70/h11-20,23-24,41-42,45-74,77-98H,21-22,25-32H2,1-10H3/b12-11-,17-15+,18-16+,33-13+,34-14+,35-19-,36-20-,39-23-,40-24-/t41-,42-,45-,46-,47-,48+,49-,50-,51-,52-,53-,54+,55-,56-,57+,58+,59+,60-,61+,62+,63-,64-,65-,66+,67-,68-,69-,70-,71-,72-,73-,74+/m0/s1. The zero-order chi connectivity index (χ0) is 81.3. The minimum atomic E-state index is -1.88. The normalized spacial score (nSPS) is 42.5. The first-order valence-corrected chi connectivity index (χ1v) is 36.8. The molecule has 624 valence electrons. The molecule has 6 saturated heterocycles. The lowest BCUT2D eigenvalue weighted by molar-refractivity contribution is -0.327. The molecule has 8 rings (SSSR count). The van der Waals surface area contributed by atoms with E-state index < -0.39 is 247 Å². The number of aliphatic hydroxyl groups is 22. The number of rotatable bonds is 28. The van der Waals surface area contributed by atoms with Crippen LogP contribution >= 0.6 is 0 Å². The zero-order valence-electron chi connectivity index (χ0n) is 63.2. The fraction of sp³-hybridized carbons (Fsp3) is 0.711. The van der Waals surface area contributed by atoms with Gasteiger partial charge in [0, 0.05) is 0 Å². The molecule has 2 aliphatic carbocycles. The Bertz CT molecular complexity index is 3140. The van der Waals surface area contributed by atoms with Crippen molar-refractivity contribution in [2.24, 2.45) is 10.8 Å². The second kappa shape index (κ2) is 39.9. The highest BCUT2D eigenvalue weighted by Crippen LogP contribution is 2.46. The van der Waals surface area contributed by atoms with E-state index in [1.807, 2.05) is 79.7 Å². The molecular weight excluding hydrogens is 1460 g/mol. The Morgan fingerprint density at radius 2 is 0.600 bits per heavy atom. The van der Waals surface area contributed by atoms with Crippen LogP contribution < -0.4 is 0 Å². The summed E-state index contributed by atoms with van der Waals surface area (Å²) in [5.74, 6) is 0.214. The van der Waals surface area contributed by atoms with Crippen LogP contribution in [0.15, 0.2) is 129 Å². The van der Waals surface area contributed by atoms with Crippen LogP contribution in [-0.4, -0.2) is 348 Å². The highest BCUT2D eigenvalue weighted by Gasteiger charge is 2.53. The molecule has 0 radical (unpaired) electrons. The summed E-state index contributed by atoms with van der Waals surface area (Å²) in [5, 5.41) is 232. The molecule has 32 atom stereocenters. The molecule has 8 aliphatic rings. The first-order chi connectivity index (χ1) is 51.7. The summed E-state index contributed by atoms with van der Waals surface area (Å²) in [6, 6.07) is 0. The molecule has 34 nitrogen and oxygen atoms in total. The van der Waals surface area contributed by atoms with Crippen molar-refractivity contribution in [3.05, 3.63) is 129 Å². The average Bonchev–Trinajstić information content (AvgIpc) is 0.787. The summed E-state index contributed by atoms with van der Waals surface area (Å²) < 4.78 is 70.8. The van der Waals surface area contributed by atoms with Gasteiger partial charge in [0.05, 0.1) is 51.8 Å². The molecule has 0 aromatic heterocycles. The second-order valence-corrected chi connectivity index (χ2v) is 31.0. The monoisotopic (exact) mass is 1570 g/mol. The number of aliphatic hydroxyl groups excluding tert-OH is 22. The maximum Gasteiger partial charge on any atom is 0.229 e. The van der Waals surface area contributed by atoms with Crippen LogP contribution in [0.5, 0.6) is 0 Å². The fourth-order valence-electron chi connectivity index (χ4n) is 14.6. The van der Waals surface area contributed by atoms with E-state index in [-0.39, 0.29) is 24.4 Å². The summed E-state index contributed by atoms with van der Waals surface area (Å²) in [4.78, 5) is 0. The average molecular weight is 1570 g/mol. The molecule has 22 N–H and O–H groups in total. The van der Waals surface area contributed by atoms with Crippen molar-refractivity contribution in [2.75, 3.05) is 39.6 Å². The predicted molar refractivity (Wildman–Crippen MR) is 382 cm³/mol. The molecule has 6 aliphatic heterocycles. The molecule has 0 aromatic rings. The highest BCUT2D eigenvalue weighted by molar-refractivity contribution is 5.42. The van der Waals surface area contributed by atoms with Crippen molar-refractivity contribution >= 4 is 0 Å². The van der Waals surface area contributed by atoms with Crippen LogP contribution in [-0.2, 0) is 56.8 Å². The maximum absolute atomic E-state index is 11.4. The van der Waals surface area contributed by atoms with E-state index in [0.29, 0.717) is 24.0 Å². The zero-order valence-corrected chi connectivity index (χ0v) is 63.2. The van der Waals surface area contributed by atoms with Gasteiger partial charge in [0.1, 0.15) is 158 Å². The van der Waals surface area contributed by atoms with Crippen molar-refractivity contribution < 1.29 is 169 Å². The smallest absolute Gasteiger partial charge is 0.229 e. The number of hydrogen-bond acceptors (Lipinski definition) is 34.